The normalized spacial score (nSPS) is 15.7. The fourth-order valence-corrected chi connectivity index (χ4v) is 3.92. The van der Waals surface area contributed by atoms with Gasteiger partial charge in [-0.1, -0.05) is 31.0 Å². The minimum Gasteiger partial charge on any atom is -0.455 e. The summed E-state index contributed by atoms with van der Waals surface area (Å²) in [5, 5.41) is 4.67. The smallest absolute Gasteiger partial charge is 0.317 e. The zero-order valence-corrected chi connectivity index (χ0v) is 14.6. The lowest BCUT2D eigenvalue weighted by Crippen LogP contribution is -2.37. The Morgan fingerprint density at radius 2 is 1.88 bits per heavy atom. The average Bonchev–Trinajstić information content (AvgIpc) is 3.30. The fraction of sp³-hybridized carbons (Fsp3) is 0.368. The molecule has 3 rings (SSSR count). The third-order valence-corrected chi connectivity index (χ3v) is 5.50. The van der Waals surface area contributed by atoms with Crippen LogP contribution in [0.25, 0.3) is 0 Å². The molecule has 1 heterocycles. The van der Waals surface area contributed by atoms with Gasteiger partial charge in [-0.25, -0.2) is 4.39 Å². The van der Waals surface area contributed by atoms with Crippen molar-refractivity contribution in [2.24, 2.45) is 0 Å². The molecular weight excluding hydrogens is 341 g/mol. The summed E-state index contributed by atoms with van der Waals surface area (Å²) in [6.07, 6.45) is 3.15. The lowest BCUT2D eigenvalue weighted by molar-refractivity contribution is -0.154. The standard InChI is InChI=1S/C19H20FNO3S/c20-15-7-5-14(6-8-15)19(9-1-2-10-19)18(23)24-13-17(22)21-12-16-4-3-11-25-16/h3-8,11H,1-2,9-10,12-13H2,(H,21,22). The van der Waals surface area contributed by atoms with Crippen molar-refractivity contribution >= 4 is 23.2 Å². The van der Waals surface area contributed by atoms with Gasteiger partial charge in [0.2, 0.25) is 0 Å². The molecule has 132 valence electrons. The van der Waals surface area contributed by atoms with Crippen molar-refractivity contribution in [2.45, 2.75) is 37.6 Å². The van der Waals surface area contributed by atoms with Gasteiger partial charge in [-0.05, 0) is 42.0 Å². The van der Waals surface area contributed by atoms with Crippen LogP contribution in [0.4, 0.5) is 4.39 Å². The number of hydrogen-bond donors (Lipinski definition) is 1. The minimum absolute atomic E-state index is 0.298. The van der Waals surface area contributed by atoms with Crippen LogP contribution in [0.3, 0.4) is 0 Å². The van der Waals surface area contributed by atoms with Crippen LogP contribution in [0.15, 0.2) is 41.8 Å². The number of thiophene rings is 1. The summed E-state index contributed by atoms with van der Waals surface area (Å²) in [6.45, 7) is 0.129. The number of amides is 1. The SMILES string of the molecule is O=C(COC(=O)C1(c2ccc(F)cc2)CCCC1)NCc1cccs1. The van der Waals surface area contributed by atoms with Crippen molar-refractivity contribution in [3.8, 4) is 0 Å². The molecule has 1 fully saturated rings. The Morgan fingerprint density at radius 1 is 1.16 bits per heavy atom. The van der Waals surface area contributed by atoms with Crippen LogP contribution in [0.5, 0.6) is 0 Å². The van der Waals surface area contributed by atoms with Crippen LogP contribution in [0.1, 0.15) is 36.1 Å². The second-order valence-electron chi connectivity index (χ2n) is 6.23. The lowest BCUT2D eigenvalue weighted by atomic mass is 9.79. The van der Waals surface area contributed by atoms with Gasteiger partial charge in [-0.15, -0.1) is 11.3 Å². The van der Waals surface area contributed by atoms with E-state index in [4.69, 9.17) is 4.74 Å². The molecule has 1 aromatic carbocycles. The van der Waals surface area contributed by atoms with E-state index in [1.165, 1.54) is 12.1 Å². The summed E-state index contributed by atoms with van der Waals surface area (Å²) in [7, 11) is 0. The molecular formula is C19H20FNO3S. The van der Waals surface area contributed by atoms with Crippen LogP contribution in [0.2, 0.25) is 0 Å². The molecule has 1 aliphatic carbocycles. The van der Waals surface area contributed by atoms with Gasteiger partial charge < -0.3 is 10.1 Å². The Hall–Kier alpha value is -2.21. The third kappa shape index (κ3) is 4.07. The Balaban J connectivity index is 1.59. The maximum absolute atomic E-state index is 13.2. The predicted octanol–water partition coefficient (Wildman–Crippen LogP) is 3.56. The number of hydrogen-bond acceptors (Lipinski definition) is 4. The van der Waals surface area contributed by atoms with E-state index < -0.39 is 11.4 Å². The Labute approximate surface area is 150 Å². The van der Waals surface area contributed by atoms with Gasteiger partial charge >= 0.3 is 5.97 Å². The van der Waals surface area contributed by atoms with Crippen LogP contribution < -0.4 is 5.32 Å². The molecule has 1 aliphatic rings. The second kappa shape index (κ2) is 7.78. The van der Waals surface area contributed by atoms with Gasteiger partial charge in [0, 0.05) is 4.88 Å². The summed E-state index contributed by atoms with van der Waals surface area (Å²) in [4.78, 5) is 25.6. The number of carbonyl (C=O) groups excluding carboxylic acids is 2. The number of rotatable bonds is 6. The first-order chi connectivity index (χ1) is 12.1. The molecule has 6 heteroatoms. The molecule has 0 saturated heterocycles. The summed E-state index contributed by atoms with van der Waals surface area (Å²) in [5.41, 5.74) is -0.00255. The molecule has 2 aromatic rings. The van der Waals surface area contributed by atoms with E-state index in [0.717, 1.165) is 23.3 Å². The topological polar surface area (TPSA) is 55.4 Å². The van der Waals surface area contributed by atoms with E-state index >= 15 is 0 Å². The van der Waals surface area contributed by atoms with Crippen molar-refractivity contribution in [1.29, 1.82) is 0 Å². The maximum atomic E-state index is 13.2. The van der Waals surface area contributed by atoms with Gasteiger partial charge in [0.1, 0.15) is 5.82 Å². The zero-order valence-electron chi connectivity index (χ0n) is 13.8. The minimum atomic E-state index is -0.762. The lowest BCUT2D eigenvalue weighted by Gasteiger charge is -2.27. The van der Waals surface area contributed by atoms with Crippen molar-refractivity contribution in [3.05, 3.63) is 58.0 Å². The van der Waals surface area contributed by atoms with E-state index in [1.54, 1.807) is 23.5 Å². The first-order valence-corrected chi connectivity index (χ1v) is 9.20. The Bertz CT molecular complexity index is 722. The van der Waals surface area contributed by atoms with Gasteiger partial charge in [-0.3, -0.25) is 9.59 Å². The fourth-order valence-electron chi connectivity index (χ4n) is 3.28. The largest absolute Gasteiger partial charge is 0.455 e. The highest BCUT2D eigenvalue weighted by Gasteiger charge is 2.44. The predicted molar refractivity (Wildman–Crippen MR) is 93.7 cm³/mol. The zero-order chi connectivity index (χ0) is 17.7. The molecule has 0 atom stereocenters. The number of ether oxygens (including phenoxy) is 1. The first kappa shape index (κ1) is 17.6. The maximum Gasteiger partial charge on any atom is 0.317 e. The molecule has 0 radical (unpaired) electrons. The van der Waals surface area contributed by atoms with Crippen LogP contribution in [0, 0.1) is 5.82 Å². The van der Waals surface area contributed by atoms with E-state index in [9.17, 15) is 14.0 Å². The second-order valence-corrected chi connectivity index (χ2v) is 7.26. The molecule has 0 unspecified atom stereocenters. The van der Waals surface area contributed by atoms with Gasteiger partial charge in [0.25, 0.3) is 5.91 Å². The highest BCUT2D eigenvalue weighted by atomic mass is 32.1. The molecule has 0 spiro atoms. The molecule has 1 aromatic heterocycles. The van der Waals surface area contributed by atoms with Crippen molar-refractivity contribution < 1.29 is 18.7 Å². The number of esters is 1. The number of carbonyl (C=O) groups is 2. The van der Waals surface area contributed by atoms with Crippen LogP contribution in [-0.4, -0.2) is 18.5 Å². The average molecular weight is 361 g/mol. The van der Waals surface area contributed by atoms with Gasteiger partial charge in [-0.2, -0.15) is 0 Å². The Kier molecular flexibility index (Phi) is 5.48. The van der Waals surface area contributed by atoms with Crippen molar-refractivity contribution in [3.63, 3.8) is 0 Å². The number of nitrogens with one attached hydrogen (secondary N) is 1. The summed E-state index contributed by atoms with van der Waals surface area (Å²) < 4.78 is 18.5. The number of halogens is 1. The summed E-state index contributed by atoms with van der Waals surface area (Å²) in [5.74, 6) is -1.06. The molecule has 1 amide bonds. The highest BCUT2D eigenvalue weighted by Crippen LogP contribution is 2.42. The molecule has 25 heavy (non-hydrogen) atoms. The van der Waals surface area contributed by atoms with Crippen molar-refractivity contribution in [2.75, 3.05) is 6.61 Å². The van der Waals surface area contributed by atoms with Crippen LogP contribution in [-0.2, 0) is 26.3 Å². The third-order valence-electron chi connectivity index (χ3n) is 4.62. The molecule has 0 bridgehead atoms. The van der Waals surface area contributed by atoms with E-state index in [-0.39, 0.29) is 18.3 Å². The van der Waals surface area contributed by atoms with E-state index in [0.29, 0.717) is 19.4 Å². The van der Waals surface area contributed by atoms with E-state index in [2.05, 4.69) is 5.32 Å². The molecule has 1 N–H and O–H groups in total. The van der Waals surface area contributed by atoms with Crippen LogP contribution >= 0.6 is 11.3 Å². The van der Waals surface area contributed by atoms with E-state index in [1.807, 2.05) is 17.5 Å². The summed E-state index contributed by atoms with van der Waals surface area (Å²) in [6, 6.07) is 9.84. The highest BCUT2D eigenvalue weighted by molar-refractivity contribution is 7.09. The van der Waals surface area contributed by atoms with Gasteiger partial charge in [0.15, 0.2) is 6.61 Å². The molecule has 1 saturated carbocycles. The quantitative estimate of drug-likeness (QED) is 0.801. The number of benzene rings is 1. The Morgan fingerprint density at radius 3 is 2.52 bits per heavy atom. The molecule has 0 aliphatic heterocycles. The van der Waals surface area contributed by atoms with Crippen molar-refractivity contribution in [1.82, 2.24) is 5.32 Å². The molecule has 4 nitrogen and oxygen atoms in total. The monoisotopic (exact) mass is 361 g/mol. The van der Waals surface area contributed by atoms with Gasteiger partial charge in [0.05, 0.1) is 12.0 Å². The summed E-state index contributed by atoms with van der Waals surface area (Å²) >= 11 is 1.55. The first-order valence-electron chi connectivity index (χ1n) is 8.32.